The van der Waals surface area contributed by atoms with Gasteiger partial charge in [-0.1, -0.05) is 29.8 Å². The first-order valence-corrected chi connectivity index (χ1v) is 12.1. The molecule has 168 valence electrons. The summed E-state index contributed by atoms with van der Waals surface area (Å²) in [5.74, 6) is 1.27. The topological polar surface area (TPSA) is 66.3 Å². The fourth-order valence-electron chi connectivity index (χ4n) is 4.25. The summed E-state index contributed by atoms with van der Waals surface area (Å²) >= 11 is 7.41. The van der Waals surface area contributed by atoms with E-state index in [0.717, 1.165) is 53.4 Å². The van der Waals surface area contributed by atoms with Crippen molar-refractivity contribution in [2.24, 2.45) is 5.92 Å². The van der Waals surface area contributed by atoms with Gasteiger partial charge in [-0.3, -0.25) is 4.79 Å². The van der Waals surface area contributed by atoms with Crippen LogP contribution in [0.1, 0.15) is 48.3 Å². The van der Waals surface area contributed by atoms with Crippen molar-refractivity contribution in [3.8, 4) is 10.6 Å². The van der Waals surface area contributed by atoms with Crippen molar-refractivity contribution in [3.63, 3.8) is 0 Å². The number of carbonyl (C=O) groups is 1. The molecule has 0 amide bonds. The van der Waals surface area contributed by atoms with Crippen LogP contribution in [-0.4, -0.2) is 39.5 Å². The Balaban J connectivity index is 1.41. The molecule has 2 aromatic heterocycles. The Hall–Kier alpha value is -2.28. The molecule has 0 unspecified atom stereocenters. The summed E-state index contributed by atoms with van der Waals surface area (Å²) in [5.41, 5.74) is 2.76. The normalized spacial score (nSPS) is 15.2. The summed E-state index contributed by atoms with van der Waals surface area (Å²) in [6.45, 7) is 7.59. The average molecular weight is 470 g/mol. The highest BCUT2D eigenvalue weighted by Crippen LogP contribution is 2.31. The number of piperidine rings is 1. The van der Waals surface area contributed by atoms with Crippen molar-refractivity contribution in [3.05, 3.63) is 63.8 Å². The van der Waals surface area contributed by atoms with Crippen molar-refractivity contribution in [1.29, 1.82) is 0 Å². The molecule has 0 radical (unpaired) electrons. The predicted octanol–water partition coefficient (Wildman–Crippen LogP) is 5.58. The monoisotopic (exact) mass is 469 g/mol. The van der Waals surface area contributed by atoms with Crippen LogP contribution in [0.15, 0.2) is 41.9 Å². The molecule has 1 saturated heterocycles. The second-order valence-corrected chi connectivity index (χ2v) is 10.3. The number of aryl methyl sites for hydroxylation is 1. The number of aromatic nitrogens is 2. The van der Waals surface area contributed by atoms with Crippen molar-refractivity contribution < 1.29 is 9.90 Å². The number of hydrogen-bond acceptors (Lipinski definition) is 6. The number of pyridine rings is 1. The van der Waals surface area contributed by atoms with E-state index in [9.17, 15) is 9.90 Å². The molecule has 1 N–H and O–H groups in total. The first kappa shape index (κ1) is 22.9. The molecule has 1 fully saturated rings. The van der Waals surface area contributed by atoms with E-state index >= 15 is 0 Å². The molecular weight excluding hydrogens is 442 g/mol. The summed E-state index contributed by atoms with van der Waals surface area (Å²) in [5, 5.41) is 13.6. The van der Waals surface area contributed by atoms with Crippen LogP contribution in [-0.2, 0) is 6.42 Å². The summed E-state index contributed by atoms with van der Waals surface area (Å²) in [6.07, 6.45) is 3.97. The van der Waals surface area contributed by atoms with Gasteiger partial charge in [0.2, 0.25) is 0 Å². The van der Waals surface area contributed by atoms with E-state index < -0.39 is 5.60 Å². The maximum absolute atomic E-state index is 12.8. The van der Waals surface area contributed by atoms with E-state index in [-0.39, 0.29) is 12.2 Å². The van der Waals surface area contributed by atoms with E-state index in [1.165, 1.54) is 11.3 Å². The number of nitrogens with zero attached hydrogens (tertiary/aromatic N) is 3. The quantitative estimate of drug-likeness (QED) is 0.477. The number of rotatable bonds is 6. The van der Waals surface area contributed by atoms with Crippen molar-refractivity contribution in [2.75, 3.05) is 18.0 Å². The molecule has 0 atom stereocenters. The third-order valence-electron chi connectivity index (χ3n) is 6.15. The Morgan fingerprint density at radius 2 is 1.94 bits per heavy atom. The Bertz CT molecular complexity index is 1100. The smallest absolute Gasteiger partial charge is 0.186 e. The number of halogens is 1. The van der Waals surface area contributed by atoms with Gasteiger partial charge in [0.05, 0.1) is 5.60 Å². The largest absolute Gasteiger partial charge is 0.390 e. The van der Waals surface area contributed by atoms with Gasteiger partial charge in [-0.05, 0) is 62.8 Å². The molecule has 0 saturated carbocycles. The van der Waals surface area contributed by atoms with Gasteiger partial charge in [0, 0.05) is 41.7 Å². The highest BCUT2D eigenvalue weighted by molar-refractivity contribution is 7.13. The van der Waals surface area contributed by atoms with Gasteiger partial charge in [-0.2, -0.15) is 0 Å². The molecule has 32 heavy (non-hydrogen) atoms. The first-order chi connectivity index (χ1) is 15.2. The van der Waals surface area contributed by atoms with E-state index in [2.05, 4.69) is 20.9 Å². The maximum Gasteiger partial charge on any atom is 0.186 e. The molecule has 3 heterocycles. The maximum atomic E-state index is 12.8. The molecule has 1 aliphatic rings. The van der Waals surface area contributed by atoms with Gasteiger partial charge >= 0.3 is 0 Å². The van der Waals surface area contributed by atoms with Crippen LogP contribution < -0.4 is 4.90 Å². The number of hydrogen-bond donors (Lipinski definition) is 1. The minimum Gasteiger partial charge on any atom is -0.390 e. The van der Waals surface area contributed by atoms with E-state index in [1.807, 2.05) is 50.4 Å². The highest BCUT2D eigenvalue weighted by Gasteiger charge is 2.31. The third kappa shape index (κ3) is 5.20. The van der Waals surface area contributed by atoms with Crippen molar-refractivity contribution in [2.45, 2.75) is 45.6 Å². The van der Waals surface area contributed by atoms with Crippen LogP contribution in [0.4, 0.5) is 5.82 Å². The Morgan fingerprint density at radius 1 is 1.25 bits per heavy atom. The lowest BCUT2D eigenvalue weighted by Crippen LogP contribution is -2.42. The Morgan fingerprint density at radius 3 is 2.56 bits per heavy atom. The summed E-state index contributed by atoms with van der Waals surface area (Å²) in [7, 11) is 0. The van der Waals surface area contributed by atoms with Gasteiger partial charge in [-0.15, -0.1) is 11.3 Å². The molecule has 4 rings (SSSR count). The third-order valence-corrected chi connectivity index (χ3v) is 7.29. The van der Waals surface area contributed by atoms with E-state index in [0.29, 0.717) is 16.6 Å². The van der Waals surface area contributed by atoms with Gasteiger partial charge in [0.1, 0.15) is 16.5 Å². The Kier molecular flexibility index (Phi) is 6.65. The molecule has 0 aliphatic carbocycles. The van der Waals surface area contributed by atoms with E-state index in [4.69, 9.17) is 11.6 Å². The number of aliphatic hydroxyl groups is 1. The molecule has 1 aromatic carbocycles. The molecular formula is C25H28ClN3O2S. The number of Topliss-reactive ketones (excluding diaryl/α,β-unsaturated/α-hetero) is 1. The van der Waals surface area contributed by atoms with Crippen molar-refractivity contribution >= 4 is 34.5 Å². The second-order valence-electron chi connectivity index (χ2n) is 9.04. The SMILES string of the molecule is Cc1cc(CC(=O)c2csc(-c3ccc(Cl)cc3)n2)cnc1N1CCC(C(C)(C)O)CC1. The Labute approximate surface area is 198 Å². The van der Waals surface area contributed by atoms with Crippen LogP contribution in [0.3, 0.4) is 0 Å². The summed E-state index contributed by atoms with van der Waals surface area (Å²) in [6, 6.07) is 9.51. The molecule has 0 bridgehead atoms. The number of benzene rings is 1. The molecule has 3 aromatic rings. The molecule has 7 heteroatoms. The molecule has 0 spiro atoms. The van der Waals surface area contributed by atoms with Crippen LogP contribution >= 0.6 is 22.9 Å². The van der Waals surface area contributed by atoms with Gasteiger partial charge < -0.3 is 10.0 Å². The number of ketones is 1. The zero-order valence-electron chi connectivity index (χ0n) is 18.6. The lowest BCUT2D eigenvalue weighted by atomic mass is 9.83. The van der Waals surface area contributed by atoms with Crippen LogP contribution in [0, 0.1) is 12.8 Å². The first-order valence-electron chi connectivity index (χ1n) is 10.9. The van der Waals surface area contributed by atoms with Crippen LogP contribution in [0.2, 0.25) is 5.02 Å². The minimum absolute atomic E-state index is 0.0126. The van der Waals surface area contributed by atoms with E-state index in [1.54, 1.807) is 6.20 Å². The van der Waals surface area contributed by atoms with Crippen LogP contribution in [0.25, 0.3) is 10.6 Å². The van der Waals surface area contributed by atoms with Crippen LogP contribution in [0.5, 0.6) is 0 Å². The number of thiazole rings is 1. The lowest BCUT2D eigenvalue weighted by Gasteiger charge is -2.38. The number of anilines is 1. The zero-order chi connectivity index (χ0) is 22.9. The molecule has 5 nitrogen and oxygen atoms in total. The van der Waals surface area contributed by atoms with Gasteiger partial charge in [0.25, 0.3) is 0 Å². The fourth-order valence-corrected chi connectivity index (χ4v) is 5.21. The number of carbonyl (C=O) groups excluding carboxylic acids is 1. The van der Waals surface area contributed by atoms with Gasteiger partial charge in [0.15, 0.2) is 5.78 Å². The summed E-state index contributed by atoms with van der Waals surface area (Å²) in [4.78, 5) is 24.3. The summed E-state index contributed by atoms with van der Waals surface area (Å²) < 4.78 is 0. The fraction of sp³-hybridized carbons (Fsp3) is 0.400. The zero-order valence-corrected chi connectivity index (χ0v) is 20.2. The molecule has 1 aliphatic heterocycles. The lowest BCUT2D eigenvalue weighted by molar-refractivity contribution is 0.00645. The second kappa shape index (κ2) is 9.30. The van der Waals surface area contributed by atoms with Gasteiger partial charge in [-0.25, -0.2) is 9.97 Å². The highest BCUT2D eigenvalue weighted by atomic mass is 35.5. The minimum atomic E-state index is -0.637. The van der Waals surface area contributed by atoms with Crippen molar-refractivity contribution in [1.82, 2.24) is 9.97 Å². The standard InChI is InChI=1S/C25H28ClN3O2S/c1-16-12-17(14-27-23(16)29-10-8-19(9-11-29)25(2,3)31)13-22(30)21-15-32-24(28-21)18-4-6-20(26)7-5-18/h4-7,12,14-15,19,31H,8-11,13H2,1-3H3. The average Bonchev–Trinajstić information content (AvgIpc) is 3.24. The predicted molar refractivity (Wildman–Crippen MR) is 131 cm³/mol.